The summed E-state index contributed by atoms with van der Waals surface area (Å²) >= 11 is 0. The first-order chi connectivity index (χ1) is 10.0. The summed E-state index contributed by atoms with van der Waals surface area (Å²) in [5, 5.41) is 11.8. The minimum absolute atomic E-state index is 0.0173. The lowest BCUT2D eigenvalue weighted by molar-refractivity contribution is 0.0697. The Kier molecular flexibility index (Phi) is 4.23. The van der Waals surface area contributed by atoms with Crippen molar-refractivity contribution in [3.8, 4) is 5.75 Å². The smallest absolute Gasteiger partial charge is 0.337 e. The van der Waals surface area contributed by atoms with Gasteiger partial charge in [-0.2, -0.15) is 0 Å². The maximum absolute atomic E-state index is 12.2. The van der Waals surface area contributed by atoms with Crippen molar-refractivity contribution in [2.24, 2.45) is 0 Å². The molecule has 0 atom stereocenters. The lowest BCUT2D eigenvalue weighted by Gasteiger charge is -2.11. The number of carbonyl (C=O) groups excluding carboxylic acids is 1. The number of hydrogen-bond acceptors (Lipinski definition) is 3. The fraction of sp³-hybridized carbons (Fsp3) is 0.125. The van der Waals surface area contributed by atoms with Gasteiger partial charge in [0.25, 0.3) is 5.91 Å². The summed E-state index contributed by atoms with van der Waals surface area (Å²) in [5.41, 5.74) is 1.54. The predicted octanol–water partition coefficient (Wildman–Crippen LogP) is 2.95. The van der Waals surface area contributed by atoms with Gasteiger partial charge in [-0.05, 0) is 36.8 Å². The zero-order valence-corrected chi connectivity index (χ0v) is 11.7. The number of anilines is 1. The van der Waals surface area contributed by atoms with Crippen LogP contribution >= 0.6 is 0 Å². The molecule has 0 aromatic heterocycles. The number of amides is 1. The van der Waals surface area contributed by atoms with E-state index < -0.39 is 5.97 Å². The molecule has 0 bridgehead atoms. The molecule has 0 unspecified atom stereocenters. The van der Waals surface area contributed by atoms with Crippen molar-refractivity contribution in [1.29, 1.82) is 0 Å². The van der Waals surface area contributed by atoms with Crippen molar-refractivity contribution < 1.29 is 19.4 Å². The molecule has 2 rings (SSSR count). The first-order valence-electron chi connectivity index (χ1n) is 6.31. The van der Waals surface area contributed by atoms with Crippen LogP contribution in [0.3, 0.4) is 0 Å². The van der Waals surface area contributed by atoms with Crippen LogP contribution in [0.5, 0.6) is 5.75 Å². The molecule has 21 heavy (non-hydrogen) atoms. The molecule has 0 spiro atoms. The number of rotatable bonds is 4. The summed E-state index contributed by atoms with van der Waals surface area (Å²) < 4.78 is 4.99. The normalized spacial score (nSPS) is 10.0. The van der Waals surface area contributed by atoms with Gasteiger partial charge in [-0.15, -0.1) is 0 Å². The number of aromatic carboxylic acids is 1. The van der Waals surface area contributed by atoms with Gasteiger partial charge in [0.05, 0.1) is 18.4 Å². The molecule has 0 saturated carbocycles. The van der Waals surface area contributed by atoms with Crippen molar-refractivity contribution in [3.63, 3.8) is 0 Å². The molecule has 5 heteroatoms. The molecule has 2 aromatic carbocycles. The zero-order valence-electron chi connectivity index (χ0n) is 11.7. The van der Waals surface area contributed by atoms with Crippen LogP contribution in [-0.2, 0) is 0 Å². The van der Waals surface area contributed by atoms with E-state index in [1.165, 1.54) is 19.2 Å². The van der Waals surface area contributed by atoms with Gasteiger partial charge in [-0.1, -0.05) is 18.2 Å². The van der Waals surface area contributed by atoms with E-state index in [2.05, 4.69) is 5.32 Å². The summed E-state index contributed by atoms with van der Waals surface area (Å²) in [6, 6.07) is 11.6. The van der Waals surface area contributed by atoms with Crippen molar-refractivity contribution in [1.82, 2.24) is 0 Å². The number of nitrogens with one attached hydrogen (secondary N) is 1. The Morgan fingerprint density at radius 3 is 2.43 bits per heavy atom. The van der Waals surface area contributed by atoms with E-state index in [0.717, 1.165) is 5.56 Å². The number of hydrogen-bond donors (Lipinski definition) is 2. The molecule has 0 aliphatic rings. The number of carboxylic acids is 1. The molecule has 0 aliphatic carbocycles. The number of carboxylic acid groups (broad SMARTS) is 1. The van der Waals surface area contributed by atoms with Crippen LogP contribution in [0.1, 0.15) is 26.3 Å². The van der Waals surface area contributed by atoms with Gasteiger partial charge in [0.2, 0.25) is 0 Å². The minimum Gasteiger partial charge on any atom is -0.497 e. The maximum Gasteiger partial charge on any atom is 0.337 e. The van der Waals surface area contributed by atoms with E-state index >= 15 is 0 Å². The SMILES string of the molecule is COc1ccc(NC(=O)c2ccccc2C)c(C(=O)O)c1. The van der Waals surface area contributed by atoms with Gasteiger partial charge in [0, 0.05) is 5.56 Å². The van der Waals surface area contributed by atoms with Crippen LogP contribution in [-0.4, -0.2) is 24.1 Å². The molecule has 0 fully saturated rings. The topological polar surface area (TPSA) is 75.6 Å². The molecule has 0 saturated heterocycles. The monoisotopic (exact) mass is 285 g/mol. The Hall–Kier alpha value is -2.82. The number of ether oxygens (including phenoxy) is 1. The van der Waals surface area contributed by atoms with Crippen molar-refractivity contribution >= 4 is 17.6 Å². The van der Waals surface area contributed by atoms with Gasteiger partial charge in [0.1, 0.15) is 5.75 Å². The van der Waals surface area contributed by atoms with Crippen LogP contribution in [0.15, 0.2) is 42.5 Å². The third kappa shape index (κ3) is 3.20. The molecular formula is C16H15NO4. The molecule has 0 heterocycles. The lowest BCUT2D eigenvalue weighted by Crippen LogP contribution is -2.16. The standard InChI is InChI=1S/C16H15NO4/c1-10-5-3-4-6-12(10)15(18)17-14-8-7-11(21-2)9-13(14)16(19)20/h3-9H,1-2H3,(H,17,18)(H,19,20). The second-order valence-corrected chi connectivity index (χ2v) is 4.49. The van der Waals surface area contributed by atoms with E-state index in [-0.39, 0.29) is 17.2 Å². The lowest BCUT2D eigenvalue weighted by atomic mass is 10.1. The number of benzene rings is 2. The molecular weight excluding hydrogens is 270 g/mol. The van der Waals surface area contributed by atoms with E-state index in [9.17, 15) is 14.7 Å². The molecule has 0 aliphatic heterocycles. The summed E-state index contributed by atoms with van der Waals surface area (Å²) in [7, 11) is 1.45. The molecule has 2 aromatic rings. The largest absolute Gasteiger partial charge is 0.497 e. The summed E-state index contributed by atoms with van der Waals surface area (Å²) in [6.45, 7) is 1.82. The molecule has 2 N–H and O–H groups in total. The number of carbonyl (C=O) groups is 2. The van der Waals surface area contributed by atoms with Crippen molar-refractivity contribution in [3.05, 3.63) is 59.2 Å². The third-order valence-corrected chi connectivity index (χ3v) is 3.10. The first kappa shape index (κ1) is 14.6. The highest BCUT2D eigenvalue weighted by Gasteiger charge is 2.15. The fourth-order valence-electron chi connectivity index (χ4n) is 1.95. The van der Waals surface area contributed by atoms with Gasteiger partial charge in [-0.25, -0.2) is 4.79 Å². The van der Waals surface area contributed by atoms with Gasteiger partial charge in [0.15, 0.2) is 0 Å². The molecule has 1 amide bonds. The quantitative estimate of drug-likeness (QED) is 0.905. The Labute approximate surface area is 122 Å². The molecule has 0 radical (unpaired) electrons. The zero-order chi connectivity index (χ0) is 15.4. The summed E-state index contributed by atoms with van der Waals surface area (Å²) in [4.78, 5) is 23.5. The van der Waals surface area contributed by atoms with Crippen LogP contribution in [0.2, 0.25) is 0 Å². The van der Waals surface area contributed by atoms with E-state index in [4.69, 9.17) is 4.74 Å². The highest BCUT2D eigenvalue weighted by Crippen LogP contribution is 2.23. The van der Waals surface area contributed by atoms with Gasteiger partial charge >= 0.3 is 5.97 Å². The Bertz CT molecular complexity index is 694. The van der Waals surface area contributed by atoms with Gasteiger partial charge in [-0.3, -0.25) is 4.79 Å². The summed E-state index contributed by atoms with van der Waals surface area (Å²) in [6.07, 6.45) is 0. The second-order valence-electron chi connectivity index (χ2n) is 4.49. The second kappa shape index (κ2) is 6.09. The third-order valence-electron chi connectivity index (χ3n) is 3.10. The average molecular weight is 285 g/mol. The van der Waals surface area contributed by atoms with Crippen LogP contribution in [0.25, 0.3) is 0 Å². The fourth-order valence-corrected chi connectivity index (χ4v) is 1.95. The van der Waals surface area contributed by atoms with Gasteiger partial charge < -0.3 is 15.2 Å². The maximum atomic E-state index is 12.2. The van der Waals surface area contributed by atoms with E-state index in [1.807, 2.05) is 19.1 Å². The van der Waals surface area contributed by atoms with Crippen molar-refractivity contribution in [2.75, 3.05) is 12.4 Å². The molecule has 108 valence electrons. The minimum atomic E-state index is -1.13. The van der Waals surface area contributed by atoms with Crippen LogP contribution < -0.4 is 10.1 Å². The number of methoxy groups -OCH3 is 1. The number of aryl methyl sites for hydroxylation is 1. The first-order valence-corrected chi connectivity index (χ1v) is 6.31. The Morgan fingerprint density at radius 2 is 1.81 bits per heavy atom. The van der Waals surface area contributed by atoms with E-state index in [0.29, 0.717) is 11.3 Å². The Balaban J connectivity index is 2.33. The van der Waals surface area contributed by atoms with Crippen LogP contribution in [0.4, 0.5) is 5.69 Å². The van der Waals surface area contributed by atoms with E-state index in [1.54, 1.807) is 18.2 Å². The highest BCUT2D eigenvalue weighted by molar-refractivity contribution is 6.08. The van der Waals surface area contributed by atoms with Crippen LogP contribution in [0, 0.1) is 6.92 Å². The summed E-state index contributed by atoms with van der Waals surface area (Å²) in [5.74, 6) is -1.06. The highest BCUT2D eigenvalue weighted by atomic mass is 16.5. The Morgan fingerprint density at radius 1 is 1.10 bits per heavy atom. The van der Waals surface area contributed by atoms with Crippen molar-refractivity contribution in [2.45, 2.75) is 6.92 Å². The molecule has 5 nitrogen and oxygen atoms in total. The predicted molar refractivity (Wildman–Crippen MR) is 79.1 cm³/mol. The average Bonchev–Trinajstić information content (AvgIpc) is 2.47.